The second-order valence-corrected chi connectivity index (χ2v) is 4.51. The summed E-state index contributed by atoms with van der Waals surface area (Å²) in [4.78, 5) is -1.31. The average molecular weight is 375 g/mol. The van der Waals surface area contributed by atoms with Crippen LogP contribution in [0, 0.1) is 29.1 Å². The first-order chi connectivity index (χ1) is 10.9. The summed E-state index contributed by atoms with van der Waals surface area (Å²) in [5.41, 5.74) is -2.44. The van der Waals surface area contributed by atoms with Gasteiger partial charge in [0.2, 0.25) is 5.82 Å². The highest BCUT2D eigenvalue weighted by atomic mass is 19.4. The number of benzene rings is 1. The normalized spacial score (nSPS) is 12.6. The zero-order valence-corrected chi connectivity index (χ0v) is 11.4. The lowest BCUT2D eigenvalue weighted by Crippen LogP contribution is -2.54. The van der Waals surface area contributed by atoms with Crippen molar-refractivity contribution in [3.05, 3.63) is 29.1 Å². The van der Waals surface area contributed by atoms with Crippen molar-refractivity contribution >= 4 is 5.69 Å². The van der Waals surface area contributed by atoms with Gasteiger partial charge in [-0.3, -0.25) is 4.39 Å². The monoisotopic (exact) mass is 375 g/mol. The van der Waals surface area contributed by atoms with Gasteiger partial charge in [-0.2, -0.15) is 22.0 Å². The predicted molar refractivity (Wildman–Crippen MR) is 59.8 cm³/mol. The van der Waals surface area contributed by atoms with E-state index in [9.17, 15) is 48.3 Å². The highest BCUT2D eigenvalue weighted by molar-refractivity contribution is 5.52. The van der Waals surface area contributed by atoms with E-state index in [2.05, 4.69) is 0 Å². The smallest absolute Gasteiger partial charge is 0.300 e. The molecule has 1 aromatic rings. The molecule has 0 fully saturated rings. The Balaban J connectivity index is 3.57. The Bertz CT molecular complexity index is 567. The molecule has 0 heterocycles. The van der Waals surface area contributed by atoms with Gasteiger partial charge >= 0.3 is 12.2 Å². The van der Waals surface area contributed by atoms with E-state index in [1.807, 2.05) is 0 Å². The molecule has 0 aromatic heterocycles. The fourth-order valence-corrected chi connectivity index (χ4v) is 1.74. The third kappa shape index (κ3) is 3.51. The predicted octanol–water partition coefficient (Wildman–Crippen LogP) is 5.09. The van der Waals surface area contributed by atoms with Gasteiger partial charge in [0.15, 0.2) is 23.3 Å². The van der Waals surface area contributed by atoms with Crippen LogP contribution < -0.4 is 4.90 Å². The second-order valence-electron chi connectivity index (χ2n) is 4.51. The SMILES string of the molecule is FCCCCN(c1c(F)c(F)c(F)c(F)c1F)C(F)(F)C(F)(F)F. The summed E-state index contributed by atoms with van der Waals surface area (Å²) >= 11 is 0. The van der Waals surface area contributed by atoms with Crippen LogP contribution in [0.4, 0.5) is 54.0 Å². The van der Waals surface area contributed by atoms with Crippen molar-refractivity contribution in [3.63, 3.8) is 0 Å². The summed E-state index contributed by atoms with van der Waals surface area (Å²) in [6.07, 6.45) is -7.72. The van der Waals surface area contributed by atoms with Gasteiger partial charge < -0.3 is 4.90 Å². The Morgan fingerprint density at radius 3 is 1.46 bits per heavy atom. The molecule has 12 heteroatoms. The van der Waals surface area contributed by atoms with Crippen molar-refractivity contribution in [2.24, 2.45) is 0 Å². The molecule has 0 aliphatic rings. The van der Waals surface area contributed by atoms with E-state index >= 15 is 0 Å². The first-order valence-corrected chi connectivity index (χ1v) is 6.17. The summed E-state index contributed by atoms with van der Waals surface area (Å²) in [6.45, 7) is -2.66. The molecule has 0 saturated heterocycles. The van der Waals surface area contributed by atoms with Crippen LogP contribution in [0.1, 0.15) is 12.8 Å². The number of rotatable bonds is 6. The minimum Gasteiger partial charge on any atom is -0.300 e. The highest BCUT2D eigenvalue weighted by Gasteiger charge is 2.63. The van der Waals surface area contributed by atoms with Crippen LogP contribution in [0.25, 0.3) is 0 Å². The van der Waals surface area contributed by atoms with E-state index in [1.165, 1.54) is 0 Å². The summed E-state index contributed by atoms with van der Waals surface area (Å²) < 4.78 is 142. The van der Waals surface area contributed by atoms with Crippen LogP contribution in [0.3, 0.4) is 0 Å². The fourth-order valence-electron chi connectivity index (χ4n) is 1.74. The molecule has 1 rings (SSSR count). The second kappa shape index (κ2) is 7.01. The Hall–Kier alpha value is -1.75. The van der Waals surface area contributed by atoms with E-state index in [4.69, 9.17) is 0 Å². The molecular formula is C12H8F11N. The number of unbranched alkanes of at least 4 members (excludes halogenated alkanes) is 1. The highest BCUT2D eigenvalue weighted by Crippen LogP contribution is 2.43. The van der Waals surface area contributed by atoms with E-state index in [0.29, 0.717) is 0 Å². The number of hydrogen-bond acceptors (Lipinski definition) is 1. The first kappa shape index (κ1) is 20.3. The number of hydrogen-bond donors (Lipinski definition) is 0. The minimum absolute atomic E-state index is 0.570. The molecule has 0 N–H and O–H groups in total. The van der Waals surface area contributed by atoms with Crippen molar-refractivity contribution in [2.75, 3.05) is 18.1 Å². The van der Waals surface area contributed by atoms with Gasteiger partial charge in [0.25, 0.3) is 0 Å². The maximum atomic E-state index is 13.5. The van der Waals surface area contributed by atoms with Crippen LogP contribution in [-0.4, -0.2) is 25.4 Å². The van der Waals surface area contributed by atoms with Crippen LogP contribution in [0.15, 0.2) is 0 Å². The van der Waals surface area contributed by atoms with E-state index < -0.39 is 78.0 Å². The molecule has 0 amide bonds. The number of anilines is 1. The van der Waals surface area contributed by atoms with Crippen LogP contribution in [-0.2, 0) is 0 Å². The molecule has 1 nitrogen and oxygen atoms in total. The Morgan fingerprint density at radius 2 is 1.08 bits per heavy atom. The van der Waals surface area contributed by atoms with Crippen LogP contribution in [0.2, 0.25) is 0 Å². The van der Waals surface area contributed by atoms with Crippen molar-refractivity contribution < 1.29 is 48.3 Å². The van der Waals surface area contributed by atoms with Crippen molar-refractivity contribution in [3.8, 4) is 0 Å². The summed E-state index contributed by atoms with van der Waals surface area (Å²) in [5, 5.41) is 0. The Morgan fingerprint density at radius 1 is 0.667 bits per heavy atom. The molecule has 0 aliphatic heterocycles. The van der Waals surface area contributed by atoms with Crippen LogP contribution in [0.5, 0.6) is 0 Å². The van der Waals surface area contributed by atoms with Gasteiger partial charge in [-0.1, -0.05) is 0 Å². The molecule has 0 unspecified atom stereocenters. The summed E-state index contributed by atoms with van der Waals surface area (Å²) in [6, 6.07) is -5.96. The van der Waals surface area contributed by atoms with Gasteiger partial charge in [0.05, 0.1) is 6.67 Å². The number of alkyl halides is 6. The molecule has 0 aliphatic carbocycles. The van der Waals surface area contributed by atoms with Gasteiger partial charge in [0, 0.05) is 6.54 Å². The van der Waals surface area contributed by atoms with Gasteiger partial charge in [0.1, 0.15) is 5.69 Å². The topological polar surface area (TPSA) is 3.24 Å². The number of halogens is 11. The van der Waals surface area contributed by atoms with E-state index in [1.54, 1.807) is 0 Å². The molecule has 24 heavy (non-hydrogen) atoms. The Kier molecular flexibility index (Phi) is 5.93. The average Bonchev–Trinajstić information content (AvgIpc) is 2.48. The summed E-state index contributed by atoms with van der Waals surface area (Å²) in [7, 11) is 0. The zero-order chi connectivity index (χ0) is 18.9. The number of nitrogens with zero attached hydrogens (tertiary/aromatic N) is 1. The lowest BCUT2D eigenvalue weighted by molar-refractivity contribution is -0.281. The van der Waals surface area contributed by atoms with Gasteiger partial charge in [-0.15, -0.1) is 0 Å². The molecule has 0 atom stereocenters. The maximum Gasteiger partial charge on any atom is 0.475 e. The maximum absolute atomic E-state index is 13.5. The molecule has 0 saturated carbocycles. The molecule has 0 bridgehead atoms. The van der Waals surface area contributed by atoms with Crippen LogP contribution >= 0.6 is 0 Å². The molecule has 138 valence electrons. The van der Waals surface area contributed by atoms with E-state index in [-0.39, 0.29) is 0 Å². The van der Waals surface area contributed by atoms with Crippen molar-refractivity contribution in [1.82, 2.24) is 0 Å². The fraction of sp³-hybridized carbons (Fsp3) is 0.500. The zero-order valence-electron chi connectivity index (χ0n) is 11.4. The van der Waals surface area contributed by atoms with Crippen molar-refractivity contribution in [2.45, 2.75) is 25.1 Å². The minimum atomic E-state index is -6.39. The third-order valence-electron chi connectivity index (χ3n) is 2.90. The standard InChI is InChI=1S/C12H8F11N/c13-3-1-2-4-24(12(22,23)11(19,20)21)10-8(17)6(15)5(14)7(16)9(10)18/h1-4H2. The van der Waals surface area contributed by atoms with Crippen molar-refractivity contribution in [1.29, 1.82) is 0 Å². The summed E-state index contributed by atoms with van der Waals surface area (Å²) in [5.74, 6) is -13.8. The quantitative estimate of drug-likeness (QED) is 0.220. The van der Waals surface area contributed by atoms with E-state index in [0.717, 1.165) is 0 Å². The Labute approximate surface area is 127 Å². The van der Waals surface area contributed by atoms with Gasteiger partial charge in [-0.05, 0) is 12.8 Å². The molecular weight excluding hydrogens is 367 g/mol. The lowest BCUT2D eigenvalue weighted by Gasteiger charge is -2.34. The first-order valence-electron chi connectivity index (χ1n) is 6.17. The molecule has 0 spiro atoms. The van der Waals surface area contributed by atoms with Gasteiger partial charge in [-0.25, -0.2) is 22.0 Å². The molecule has 0 radical (unpaired) electrons. The largest absolute Gasteiger partial charge is 0.475 e. The molecule has 1 aromatic carbocycles. The lowest BCUT2D eigenvalue weighted by atomic mass is 10.2. The third-order valence-corrected chi connectivity index (χ3v) is 2.90.